The molecule has 1 aromatic carbocycles. The number of aromatic nitrogens is 1. The maximum Gasteiger partial charge on any atom is 0.305 e. The number of methoxy groups -OCH3 is 1. The number of nitrogens with zero attached hydrogens (tertiary/aromatic N) is 2. The molecule has 0 unspecified atom stereocenters. The lowest BCUT2D eigenvalue weighted by Gasteiger charge is -2.15. The van der Waals surface area contributed by atoms with Crippen LogP contribution in [0, 0.1) is 0 Å². The molecule has 1 aromatic heterocycles. The number of carbonyl (C=O) groups excluding carboxylic acids is 2. The predicted octanol–water partition coefficient (Wildman–Crippen LogP) is 3.49. The summed E-state index contributed by atoms with van der Waals surface area (Å²) in [5.74, 6) is -0.442. The molecule has 0 aliphatic rings. The van der Waals surface area contributed by atoms with Crippen molar-refractivity contribution in [2.75, 3.05) is 20.7 Å². The molecular formula is C16H17ClN2O3S. The number of ether oxygens (including phenoxy) is 1. The van der Waals surface area contributed by atoms with E-state index in [1.165, 1.54) is 18.4 Å². The van der Waals surface area contributed by atoms with E-state index in [0.29, 0.717) is 30.1 Å². The summed E-state index contributed by atoms with van der Waals surface area (Å²) in [4.78, 5) is 29.3. The molecule has 2 rings (SSSR count). The first kappa shape index (κ1) is 17.4. The van der Waals surface area contributed by atoms with Gasteiger partial charge in [0.15, 0.2) is 0 Å². The Balaban J connectivity index is 1.99. The Bertz CT molecular complexity index is 702. The van der Waals surface area contributed by atoms with Crippen molar-refractivity contribution >= 4 is 34.8 Å². The lowest BCUT2D eigenvalue weighted by Crippen LogP contribution is -2.28. The van der Waals surface area contributed by atoms with Crippen LogP contribution in [0.15, 0.2) is 29.6 Å². The Morgan fingerprint density at radius 2 is 2.17 bits per heavy atom. The van der Waals surface area contributed by atoms with Gasteiger partial charge in [-0.1, -0.05) is 23.7 Å². The molecule has 2 aromatic rings. The first-order valence-corrected chi connectivity index (χ1v) is 8.30. The van der Waals surface area contributed by atoms with Crippen LogP contribution in [-0.2, 0) is 9.53 Å². The SMILES string of the molecule is COC(=O)CCCN(C)C(=O)c1csc(-c2cccc(Cl)c2)n1. The molecule has 0 saturated carbocycles. The number of thiazole rings is 1. The Hall–Kier alpha value is -1.92. The van der Waals surface area contributed by atoms with Crippen LogP contribution in [0.2, 0.25) is 5.02 Å². The number of amides is 1. The Morgan fingerprint density at radius 3 is 2.87 bits per heavy atom. The molecule has 23 heavy (non-hydrogen) atoms. The molecule has 0 radical (unpaired) electrons. The van der Waals surface area contributed by atoms with E-state index in [0.717, 1.165) is 10.6 Å². The summed E-state index contributed by atoms with van der Waals surface area (Å²) in [5.41, 5.74) is 1.28. The minimum Gasteiger partial charge on any atom is -0.469 e. The first-order valence-electron chi connectivity index (χ1n) is 7.05. The number of halogens is 1. The average molecular weight is 353 g/mol. The minimum atomic E-state index is -0.275. The minimum absolute atomic E-state index is 0.167. The predicted molar refractivity (Wildman–Crippen MR) is 90.8 cm³/mol. The van der Waals surface area contributed by atoms with Crippen LogP contribution < -0.4 is 0 Å². The molecule has 1 amide bonds. The fourth-order valence-corrected chi connectivity index (χ4v) is 2.97. The van der Waals surface area contributed by atoms with Gasteiger partial charge < -0.3 is 9.64 Å². The zero-order valence-corrected chi connectivity index (χ0v) is 14.5. The maximum absolute atomic E-state index is 12.3. The van der Waals surface area contributed by atoms with Crippen molar-refractivity contribution in [3.8, 4) is 10.6 Å². The van der Waals surface area contributed by atoms with Crippen LogP contribution >= 0.6 is 22.9 Å². The van der Waals surface area contributed by atoms with Crippen LogP contribution in [0.3, 0.4) is 0 Å². The molecule has 0 saturated heterocycles. The van der Waals surface area contributed by atoms with Gasteiger partial charge in [0.05, 0.1) is 7.11 Å². The number of rotatable bonds is 6. The fraction of sp³-hybridized carbons (Fsp3) is 0.312. The summed E-state index contributed by atoms with van der Waals surface area (Å²) in [7, 11) is 3.04. The van der Waals surface area contributed by atoms with E-state index in [4.69, 9.17) is 11.6 Å². The van der Waals surface area contributed by atoms with E-state index in [1.807, 2.05) is 18.2 Å². The summed E-state index contributed by atoms with van der Waals surface area (Å²) >= 11 is 7.37. The molecule has 0 aliphatic carbocycles. The second-order valence-electron chi connectivity index (χ2n) is 4.95. The van der Waals surface area contributed by atoms with Crippen molar-refractivity contribution in [2.24, 2.45) is 0 Å². The van der Waals surface area contributed by atoms with Gasteiger partial charge in [0.1, 0.15) is 10.7 Å². The molecular weight excluding hydrogens is 336 g/mol. The van der Waals surface area contributed by atoms with Crippen molar-refractivity contribution in [3.63, 3.8) is 0 Å². The van der Waals surface area contributed by atoms with E-state index in [9.17, 15) is 9.59 Å². The standard InChI is InChI=1S/C16H17ClN2O3S/c1-19(8-4-7-14(20)22-2)16(21)13-10-23-15(18-13)11-5-3-6-12(17)9-11/h3,5-6,9-10H,4,7-8H2,1-2H3. The third-order valence-electron chi connectivity index (χ3n) is 3.24. The third-order valence-corrected chi connectivity index (χ3v) is 4.37. The number of esters is 1. The van der Waals surface area contributed by atoms with E-state index >= 15 is 0 Å². The molecule has 5 nitrogen and oxygen atoms in total. The van der Waals surface area contributed by atoms with Gasteiger partial charge >= 0.3 is 5.97 Å². The van der Waals surface area contributed by atoms with Gasteiger partial charge in [-0.2, -0.15) is 0 Å². The topological polar surface area (TPSA) is 59.5 Å². The molecule has 0 bridgehead atoms. The van der Waals surface area contributed by atoms with Gasteiger partial charge in [-0.15, -0.1) is 11.3 Å². The molecule has 0 aliphatic heterocycles. The van der Waals surface area contributed by atoms with Gasteiger partial charge in [-0.05, 0) is 18.6 Å². The van der Waals surface area contributed by atoms with Crippen molar-refractivity contribution in [1.29, 1.82) is 0 Å². The maximum atomic E-state index is 12.3. The fourth-order valence-electron chi connectivity index (χ4n) is 1.99. The van der Waals surface area contributed by atoms with E-state index in [2.05, 4.69) is 9.72 Å². The van der Waals surface area contributed by atoms with Crippen molar-refractivity contribution in [2.45, 2.75) is 12.8 Å². The molecule has 0 spiro atoms. The van der Waals surface area contributed by atoms with Crippen LogP contribution in [0.1, 0.15) is 23.3 Å². The highest BCUT2D eigenvalue weighted by Crippen LogP contribution is 2.26. The lowest BCUT2D eigenvalue weighted by atomic mass is 10.2. The first-order chi connectivity index (χ1) is 11.0. The van der Waals surface area contributed by atoms with Crippen LogP contribution in [0.25, 0.3) is 10.6 Å². The van der Waals surface area contributed by atoms with Crippen molar-refractivity contribution in [3.05, 3.63) is 40.4 Å². The number of hydrogen-bond donors (Lipinski definition) is 0. The average Bonchev–Trinajstić information content (AvgIpc) is 3.03. The van der Waals surface area contributed by atoms with Gasteiger partial charge in [0.25, 0.3) is 5.91 Å². The normalized spacial score (nSPS) is 10.4. The highest BCUT2D eigenvalue weighted by molar-refractivity contribution is 7.13. The molecule has 0 N–H and O–H groups in total. The summed E-state index contributed by atoms with van der Waals surface area (Å²) < 4.78 is 4.58. The van der Waals surface area contributed by atoms with Gasteiger partial charge in [-0.25, -0.2) is 4.98 Å². The Morgan fingerprint density at radius 1 is 1.39 bits per heavy atom. The molecule has 1 heterocycles. The zero-order chi connectivity index (χ0) is 16.8. The zero-order valence-electron chi connectivity index (χ0n) is 12.9. The highest BCUT2D eigenvalue weighted by atomic mass is 35.5. The van der Waals surface area contributed by atoms with E-state index in [1.54, 1.807) is 23.4 Å². The summed E-state index contributed by atoms with van der Waals surface area (Å²) in [6.45, 7) is 0.470. The van der Waals surface area contributed by atoms with Crippen LogP contribution in [0.4, 0.5) is 0 Å². The van der Waals surface area contributed by atoms with Crippen molar-refractivity contribution < 1.29 is 14.3 Å². The van der Waals surface area contributed by atoms with Gasteiger partial charge in [0, 0.05) is 36.0 Å². The third kappa shape index (κ3) is 4.77. The lowest BCUT2D eigenvalue weighted by molar-refractivity contribution is -0.140. The number of carbonyl (C=O) groups is 2. The number of hydrogen-bond acceptors (Lipinski definition) is 5. The smallest absolute Gasteiger partial charge is 0.305 e. The largest absolute Gasteiger partial charge is 0.469 e. The summed E-state index contributed by atoms with van der Waals surface area (Å²) in [6, 6.07) is 7.35. The Kier molecular flexibility index (Phi) is 6.12. The second kappa shape index (κ2) is 8.08. The molecule has 0 fully saturated rings. The quantitative estimate of drug-likeness (QED) is 0.747. The molecule has 122 valence electrons. The van der Waals surface area contributed by atoms with Crippen LogP contribution in [0.5, 0.6) is 0 Å². The molecule has 0 atom stereocenters. The van der Waals surface area contributed by atoms with Crippen molar-refractivity contribution in [1.82, 2.24) is 9.88 Å². The van der Waals surface area contributed by atoms with Crippen LogP contribution in [-0.4, -0.2) is 42.5 Å². The number of benzene rings is 1. The summed E-state index contributed by atoms with van der Waals surface area (Å²) in [5, 5.41) is 3.11. The van der Waals surface area contributed by atoms with Gasteiger partial charge in [0.2, 0.25) is 0 Å². The second-order valence-corrected chi connectivity index (χ2v) is 6.25. The monoisotopic (exact) mass is 352 g/mol. The highest BCUT2D eigenvalue weighted by Gasteiger charge is 2.16. The van der Waals surface area contributed by atoms with E-state index < -0.39 is 0 Å². The van der Waals surface area contributed by atoms with E-state index in [-0.39, 0.29) is 11.9 Å². The molecule has 7 heteroatoms. The summed E-state index contributed by atoms with van der Waals surface area (Å²) in [6.07, 6.45) is 0.846. The van der Waals surface area contributed by atoms with Gasteiger partial charge in [-0.3, -0.25) is 9.59 Å². The Labute approximate surface area is 143 Å².